The minimum atomic E-state index is -4.96. The van der Waals surface area contributed by atoms with Crippen molar-refractivity contribution in [2.45, 2.75) is 420 Å². The van der Waals surface area contributed by atoms with E-state index in [0.717, 1.165) is 120 Å². The number of ether oxygens (including phenoxy) is 4. The minimum absolute atomic E-state index is 0.106. The molecule has 0 spiro atoms. The molecule has 0 radical (unpaired) electrons. The molecular formula is C79H154O17P2. The van der Waals surface area contributed by atoms with Gasteiger partial charge in [-0.25, -0.2) is 9.13 Å². The predicted octanol–water partition coefficient (Wildman–Crippen LogP) is 23.2. The summed E-state index contributed by atoms with van der Waals surface area (Å²) in [7, 11) is -9.92. The van der Waals surface area contributed by atoms with Crippen molar-refractivity contribution in [2.24, 2.45) is 23.7 Å². The first-order valence-electron chi connectivity index (χ1n) is 40.7. The van der Waals surface area contributed by atoms with Gasteiger partial charge in [-0.15, -0.1) is 0 Å². The Morgan fingerprint density at radius 1 is 0.286 bits per heavy atom. The molecule has 3 N–H and O–H groups in total. The topological polar surface area (TPSA) is 237 Å². The standard InChI is InChI=1S/C79H154O17P2/c1-9-72(8)58-50-42-37-38-44-52-60-77(82)90-66-75(96-79(84)62-53-45-34-28-24-20-15-13-11-10-12-14-18-22-26-31-39-47-55-69(2)3)68-94-98(87,88)92-64-73(80)63-91-97(85,86)93-67-74(65-89-76(81)59-51-43-36-30-33-41-49-57-71(6)7)95-78(83)61-54-46-35-29-25-21-17-16-19-23-27-32-40-48-56-70(4)5/h69-75,80H,9-68H2,1-8H3,(H,85,86)(H,87,88)/t72?,73-,74-,75-/m1/s1. The first-order valence-corrected chi connectivity index (χ1v) is 43.7. The van der Waals surface area contributed by atoms with Crippen molar-refractivity contribution in [3.05, 3.63) is 0 Å². The van der Waals surface area contributed by atoms with E-state index in [9.17, 15) is 43.2 Å². The van der Waals surface area contributed by atoms with E-state index in [1.165, 1.54) is 193 Å². The van der Waals surface area contributed by atoms with Crippen LogP contribution in [0.1, 0.15) is 402 Å². The maximum atomic E-state index is 13.1. The number of carbonyl (C=O) groups excluding carboxylic acids is 4. The Morgan fingerprint density at radius 2 is 0.490 bits per heavy atom. The molecular weight excluding hydrogens is 1280 g/mol. The number of aliphatic hydroxyl groups excluding tert-OH is 1. The molecule has 0 aromatic rings. The monoisotopic (exact) mass is 1440 g/mol. The molecule has 0 bridgehead atoms. The van der Waals surface area contributed by atoms with Crippen LogP contribution in [-0.4, -0.2) is 96.7 Å². The number of phosphoric acid groups is 2. The normalized spacial score (nSPS) is 14.3. The molecule has 0 aromatic carbocycles. The average molecular weight is 1440 g/mol. The lowest BCUT2D eigenvalue weighted by atomic mass is 10.00. The molecule has 3 unspecified atom stereocenters. The van der Waals surface area contributed by atoms with Crippen LogP contribution in [0.4, 0.5) is 0 Å². The Morgan fingerprint density at radius 3 is 0.724 bits per heavy atom. The number of phosphoric ester groups is 2. The molecule has 582 valence electrons. The van der Waals surface area contributed by atoms with Gasteiger partial charge in [0.15, 0.2) is 12.2 Å². The van der Waals surface area contributed by atoms with Crippen LogP contribution < -0.4 is 0 Å². The second kappa shape index (κ2) is 68.2. The molecule has 0 aliphatic carbocycles. The first-order chi connectivity index (χ1) is 47.1. The van der Waals surface area contributed by atoms with Gasteiger partial charge in [0.05, 0.1) is 26.4 Å². The van der Waals surface area contributed by atoms with Crippen LogP contribution in [-0.2, 0) is 65.4 Å². The third-order valence-corrected chi connectivity index (χ3v) is 20.6. The zero-order valence-electron chi connectivity index (χ0n) is 64.4. The molecule has 0 aliphatic heterocycles. The van der Waals surface area contributed by atoms with Crippen molar-refractivity contribution in [2.75, 3.05) is 39.6 Å². The van der Waals surface area contributed by atoms with Crippen LogP contribution in [0.2, 0.25) is 0 Å². The van der Waals surface area contributed by atoms with Crippen LogP contribution in [0.15, 0.2) is 0 Å². The highest BCUT2D eigenvalue weighted by Crippen LogP contribution is 2.45. The highest BCUT2D eigenvalue weighted by Gasteiger charge is 2.30. The molecule has 0 amide bonds. The van der Waals surface area contributed by atoms with E-state index in [1.807, 2.05) is 0 Å². The number of hydrogen-bond donors (Lipinski definition) is 3. The Labute approximate surface area is 600 Å². The van der Waals surface area contributed by atoms with Gasteiger partial charge in [0, 0.05) is 25.7 Å². The Hall–Kier alpha value is -1.94. The summed E-state index contributed by atoms with van der Waals surface area (Å²) >= 11 is 0. The van der Waals surface area contributed by atoms with Gasteiger partial charge in [0.1, 0.15) is 19.3 Å². The maximum Gasteiger partial charge on any atom is 0.472 e. The quantitative estimate of drug-likeness (QED) is 0.0222. The average Bonchev–Trinajstić information content (AvgIpc) is 1.02. The molecule has 0 saturated heterocycles. The van der Waals surface area contributed by atoms with Crippen molar-refractivity contribution in [3.8, 4) is 0 Å². The smallest absolute Gasteiger partial charge is 0.462 e. The molecule has 98 heavy (non-hydrogen) atoms. The SMILES string of the molecule is CCC(C)CCCCCCCCC(=O)OC[C@H](COP(=O)(O)OC[C@H](O)COP(=O)(O)OC[C@@H](COC(=O)CCCCCCCCCC(C)C)OC(=O)CCCCCCCCCCCCCCCCC(C)C)OC(=O)CCCCCCCCCCCCCCCCCCCCC(C)C. The van der Waals surface area contributed by atoms with E-state index in [4.69, 9.17) is 37.0 Å². The molecule has 0 rings (SSSR count). The number of carbonyl (C=O) groups is 4. The van der Waals surface area contributed by atoms with E-state index >= 15 is 0 Å². The Balaban J connectivity index is 5.18. The molecule has 0 heterocycles. The fourth-order valence-electron chi connectivity index (χ4n) is 12.0. The molecule has 19 heteroatoms. The van der Waals surface area contributed by atoms with Gasteiger partial charge in [-0.2, -0.15) is 0 Å². The summed E-state index contributed by atoms with van der Waals surface area (Å²) in [5.41, 5.74) is 0. The lowest BCUT2D eigenvalue weighted by Crippen LogP contribution is -2.30. The van der Waals surface area contributed by atoms with E-state index in [-0.39, 0.29) is 25.7 Å². The highest BCUT2D eigenvalue weighted by molar-refractivity contribution is 7.47. The zero-order valence-corrected chi connectivity index (χ0v) is 66.2. The molecule has 0 fully saturated rings. The summed E-state index contributed by atoms with van der Waals surface area (Å²) in [5.74, 6) is 0.931. The second-order valence-corrected chi connectivity index (χ2v) is 33.0. The number of rotatable bonds is 76. The van der Waals surface area contributed by atoms with Crippen molar-refractivity contribution < 1.29 is 80.2 Å². The lowest BCUT2D eigenvalue weighted by molar-refractivity contribution is -0.161. The van der Waals surface area contributed by atoms with Gasteiger partial charge >= 0.3 is 39.5 Å². The van der Waals surface area contributed by atoms with E-state index in [0.29, 0.717) is 31.6 Å². The Bertz CT molecular complexity index is 1920. The number of esters is 4. The number of aliphatic hydroxyl groups is 1. The van der Waals surface area contributed by atoms with Crippen LogP contribution in [0, 0.1) is 23.7 Å². The minimum Gasteiger partial charge on any atom is -0.462 e. The van der Waals surface area contributed by atoms with Crippen LogP contribution in [0.5, 0.6) is 0 Å². The van der Waals surface area contributed by atoms with Gasteiger partial charge < -0.3 is 33.8 Å². The molecule has 0 aliphatic rings. The van der Waals surface area contributed by atoms with E-state index < -0.39 is 97.5 Å². The van der Waals surface area contributed by atoms with Gasteiger partial charge in [-0.3, -0.25) is 37.3 Å². The fourth-order valence-corrected chi connectivity index (χ4v) is 13.6. The fraction of sp³-hybridized carbons (Fsp3) is 0.949. The molecule has 6 atom stereocenters. The van der Waals surface area contributed by atoms with Crippen molar-refractivity contribution in [3.63, 3.8) is 0 Å². The van der Waals surface area contributed by atoms with Crippen LogP contribution in [0.25, 0.3) is 0 Å². The summed E-state index contributed by atoms with van der Waals surface area (Å²) in [6, 6.07) is 0. The zero-order chi connectivity index (χ0) is 72.4. The van der Waals surface area contributed by atoms with Gasteiger partial charge in [0.2, 0.25) is 0 Å². The molecule has 0 saturated carbocycles. The van der Waals surface area contributed by atoms with Crippen molar-refractivity contribution in [1.29, 1.82) is 0 Å². The first kappa shape index (κ1) is 96.1. The van der Waals surface area contributed by atoms with Gasteiger partial charge in [-0.05, 0) is 49.4 Å². The van der Waals surface area contributed by atoms with E-state index in [2.05, 4.69) is 55.4 Å². The summed E-state index contributed by atoms with van der Waals surface area (Å²) in [6.45, 7) is 14.2. The largest absolute Gasteiger partial charge is 0.472 e. The van der Waals surface area contributed by atoms with Gasteiger partial charge in [0.25, 0.3) is 0 Å². The van der Waals surface area contributed by atoms with Crippen LogP contribution in [0.3, 0.4) is 0 Å². The summed E-state index contributed by atoms with van der Waals surface area (Å²) in [4.78, 5) is 72.9. The molecule has 17 nitrogen and oxygen atoms in total. The lowest BCUT2D eigenvalue weighted by Gasteiger charge is -2.21. The third kappa shape index (κ3) is 71.1. The molecule has 0 aromatic heterocycles. The number of hydrogen-bond acceptors (Lipinski definition) is 15. The summed E-state index contributed by atoms with van der Waals surface area (Å²) in [5, 5.41) is 10.6. The van der Waals surface area contributed by atoms with E-state index in [1.54, 1.807) is 0 Å². The maximum absolute atomic E-state index is 13.1. The Kier molecular flexibility index (Phi) is 66.8. The van der Waals surface area contributed by atoms with Gasteiger partial charge in [-0.1, -0.05) is 351 Å². The van der Waals surface area contributed by atoms with Crippen molar-refractivity contribution >= 4 is 39.5 Å². The van der Waals surface area contributed by atoms with Crippen LogP contribution >= 0.6 is 15.6 Å². The second-order valence-electron chi connectivity index (χ2n) is 30.1. The predicted molar refractivity (Wildman–Crippen MR) is 400 cm³/mol. The number of unbranched alkanes of at least 4 members (excludes halogenated alkanes) is 41. The summed E-state index contributed by atoms with van der Waals surface area (Å²) < 4.78 is 68.6. The van der Waals surface area contributed by atoms with Crippen molar-refractivity contribution in [1.82, 2.24) is 0 Å². The highest BCUT2D eigenvalue weighted by atomic mass is 31.2. The summed E-state index contributed by atoms with van der Waals surface area (Å²) in [6.07, 6.45) is 54.3. The third-order valence-electron chi connectivity index (χ3n) is 18.7.